The molecule has 0 aliphatic rings. The summed E-state index contributed by atoms with van der Waals surface area (Å²) in [5.74, 6) is 0. The molecule has 1 heterocycles. The molecule has 2 nitrogen and oxygen atoms in total. The lowest BCUT2D eigenvalue weighted by Crippen LogP contribution is -2.25. The molecule has 1 aromatic heterocycles. The van der Waals surface area contributed by atoms with Gasteiger partial charge in [-0.1, -0.05) is 0 Å². The van der Waals surface area contributed by atoms with Crippen LogP contribution in [0.25, 0.3) is 0 Å². The lowest BCUT2D eigenvalue weighted by atomic mass is 10.1. The van der Waals surface area contributed by atoms with E-state index in [1.807, 2.05) is 19.2 Å². The average Bonchev–Trinajstić information content (AvgIpc) is 2.59. The molecule has 0 bridgehead atoms. The number of halogens is 3. The lowest BCUT2D eigenvalue weighted by Gasteiger charge is -2.13. The van der Waals surface area contributed by atoms with Crippen LogP contribution in [0.2, 0.25) is 0 Å². The van der Waals surface area contributed by atoms with Crippen molar-refractivity contribution in [2.45, 2.75) is 51.9 Å². The van der Waals surface area contributed by atoms with Crippen LogP contribution in [0.4, 0.5) is 13.2 Å². The molecule has 1 aromatic rings. The zero-order valence-corrected chi connectivity index (χ0v) is 10.8. The van der Waals surface area contributed by atoms with Gasteiger partial charge in [0, 0.05) is 30.1 Å². The number of aromatic nitrogens is 1. The summed E-state index contributed by atoms with van der Waals surface area (Å²) >= 11 is 1.57. The van der Waals surface area contributed by atoms with Crippen molar-refractivity contribution in [2.24, 2.45) is 0 Å². The highest BCUT2D eigenvalue weighted by atomic mass is 32.1. The van der Waals surface area contributed by atoms with Gasteiger partial charge in [-0.25, -0.2) is 4.98 Å². The van der Waals surface area contributed by atoms with Crippen molar-refractivity contribution in [3.8, 4) is 0 Å². The average molecular weight is 266 g/mol. The van der Waals surface area contributed by atoms with Crippen LogP contribution in [-0.4, -0.2) is 17.2 Å². The number of thiazole rings is 1. The minimum absolute atomic E-state index is 0.0848. The van der Waals surface area contributed by atoms with Crippen molar-refractivity contribution in [1.29, 1.82) is 0 Å². The van der Waals surface area contributed by atoms with Crippen LogP contribution in [0.15, 0.2) is 5.38 Å². The highest BCUT2D eigenvalue weighted by Crippen LogP contribution is 2.22. The first-order valence-corrected chi connectivity index (χ1v) is 6.46. The van der Waals surface area contributed by atoms with Gasteiger partial charge in [0.25, 0.3) is 0 Å². The molecule has 0 saturated carbocycles. The van der Waals surface area contributed by atoms with E-state index in [0.717, 1.165) is 10.7 Å². The summed E-state index contributed by atoms with van der Waals surface area (Å²) in [7, 11) is 0. The van der Waals surface area contributed by atoms with Gasteiger partial charge in [-0.05, 0) is 26.7 Å². The molecule has 0 radical (unpaired) electrons. The molecule has 0 spiro atoms. The Labute approximate surface area is 103 Å². The molecule has 0 aliphatic carbocycles. The fraction of sp³-hybridized carbons (Fsp3) is 0.727. The topological polar surface area (TPSA) is 24.9 Å². The van der Waals surface area contributed by atoms with Gasteiger partial charge in [0.05, 0.1) is 0 Å². The van der Waals surface area contributed by atoms with E-state index in [9.17, 15) is 13.2 Å². The quantitative estimate of drug-likeness (QED) is 0.850. The van der Waals surface area contributed by atoms with Crippen LogP contribution in [0.3, 0.4) is 0 Å². The molecule has 6 heteroatoms. The molecule has 1 atom stereocenters. The molecule has 0 saturated heterocycles. The summed E-state index contributed by atoms with van der Waals surface area (Å²) in [6, 6.07) is 0.0848. The Balaban J connectivity index is 2.15. The van der Waals surface area contributed by atoms with Gasteiger partial charge in [0.15, 0.2) is 0 Å². The number of nitrogens with zero attached hydrogens (tertiary/aromatic N) is 1. The van der Waals surface area contributed by atoms with Crippen molar-refractivity contribution < 1.29 is 13.2 Å². The van der Waals surface area contributed by atoms with E-state index in [-0.39, 0.29) is 12.5 Å². The molecule has 0 amide bonds. The Hall–Kier alpha value is -0.620. The first-order chi connectivity index (χ1) is 7.87. The third-order valence-corrected chi connectivity index (χ3v) is 3.33. The SMILES string of the molecule is Cc1csc(CNC(C)CCCC(F)(F)F)n1. The maximum atomic E-state index is 11.9. The predicted octanol–water partition coefficient (Wildman–Crippen LogP) is 3.66. The van der Waals surface area contributed by atoms with Crippen LogP contribution < -0.4 is 5.32 Å². The Morgan fingerprint density at radius 2 is 2.18 bits per heavy atom. The van der Waals surface area contributed by atoms with Gasteiger partial charge in [0.2, 0.25) is 0 Å². The summed E-state index contributed by atoms with van der Waals surface area (Å²) in [6.45, 7) is 4.45. The molecule has 0 aliphatic heterocycles. The van der Waals surface area contributed by atoms with E-state index in [2.05, 4.69) is 10.3 Å². The third kappa shape index (κ3) is 6.63. The fourth-order valence-corrected chi connectivity index (χ4v) is 2.18. The Kier molecular flexibility index (Phi) is 5.39. The zero-order valence-electron chi connectivity index (χ0n) is 9.97. The van der Waals surface area contributed by atoms with E-state index in [1.165, 1.54) is 0 Å². The molecular formula is C11H17F3N2S. The van der Waals surface area contributed by atoms with Crippen molar-refractivity contribution in [1.82, 2.24) is 10.3 Å². The summed E-state index contributed by atoms with van der Waals surface area (Å²) in [4.78, 5) is 4.28. The molecule has 1 rings (SSSR count). The molecule has 1 unspecified atom stereocenters. The van der Waals surface area contributed by atoms with Crippen LogP contribution in [0, 0.1) is 6.92 Å². The minimum atomic E-state index is -4.04. The molecule has 98 valence electrons. The van der Waals surface area contributed by atoms with Crippen molar-refractivity contribution in [2.75, 3.05) is 0 Å². The van der Waals surface area contributed by atoms with Crippen LogP contribution in [0.1, 0.15) is 36.9 Å². The summed E-state index contributed by atoms with van der Waals surface area (Å²) in [5, 5.41) is 6.12. The van der Waals surface area contributed by atoms with Crippen molar-refractivity contribution >= 4 is 11.3 Å². The van der Waals surface area contributed by atoms with Gasteiger partial charge in [-0.3, -0.25) is 0 Å². The van der Waals surface area contributed by atoms with E-state index in [1.54, 1.807) is 11.3 Å². The number of aryl methyl sites for hydroxylation is 1. The predicted molar refractivity (Wildman–Crippen MR) is 63.1 cm³/mol. The molecule has 1 N–H and O–H groups in total. The molecule has 17 heavy (non-hydrogen) atoms. The van der Waals surface area contributed by atoms with Gasteiger partial charge in [-0.2, -0.15) is 13.2 Å². The normalized spacial score (nSPS) is 13.9. The van der Waals surface area contributed by atoms with Gasteiger partial charge in [0.1, 0.15) is 5.01 Å². The number of nitrogens with one attached hydrogen (secondary N) is 1. The fourth-order valence-electron chi connectivity index (χ4n) is 1.46. The Morgan fingerprint density at radius 3 is 2.71 bits per heavy atom. The molecular weight excluding hydrogens is 249 g/mol. The first-order valence-electron chi connectivity index (χ1n) is 5.58. The highest BCUT2D eigenvalue weighted by molar-refractivity contribution is 7.09. The maximum Gasteiger partial charge on any atom is 0.389 e. The minimum Gasteiger partial charge on any atom is -0.308 e. The number of hydrogen-bond acceptors (Lipinski definition) is 3. The third-order valence-electron chi connectivity index (χ3n) is 2.37. The smallest absolute Gasteiger partial charge is 0.308 e. The Morgan fingerprint density at radius 1 is 1.47 bits per heavy atom. The largest absolute Gasteiger partial charge is 0.389 e. The van der Waals surface area contributed by atoms with E-state index in [4.69, 9.17) is 0 Å². The Bertz CT molecular complexity index is 336. The van der Waals surface area contributed by atoms with Crippen molar-refractivity contribution in [3.63, 3.8) is 0 Å². The lowest BCUT2D eigenvalue weighted by molar-refractivity contribution is -0.135. The van der Waals surface area contributed by atoms with E-state index in [0.29, 0.717) is 13.0 Å². The summed E-state index contributed by atoms with van der Waals surface area (Å²) in [6.07, 6.45) is -4.03. The van der Waals surface area contributed by atoms with Gasteiger partial charge in [-0.15, -0.1) is 11.3 Å². The van der Waals surface area contributed by atoms with Crippen molar-refractivity contribution in [3.05, 3.63) is 16.1 Å². The zero-order chi connectivity index (χ0) is 12.9. The standard InChI is InChI=1S/C11H17F3N2S/c1-8(4-3-5-11(12,13)14)15-6-10-16-9(2)7-17-10/h7-8,15H,3-6H2,1-2H3. The summed E-state index contributed by atoms with van der Waals surface area (Å²) < 4.78 is 35.8. The van der Waals surface area contributed by atoms with E-state index >= 15 is 0 Å². The van der Waals surface area contributed by atoms with Crippen LogP contribution in [0.5, 0.6) is 0 Å². The molecule has 0 aromatic carbocycles. The van der Waals surface area contributed by atoms with Crippen LogP contribution in [-0.2, 0) is 6.54 Å². The van der Waals surface area contributed by atoms with Gasteiger partial charge >= 0.3 is 6.18 Å². The maximum absolute atomic E-state index is 11.9. The van der Waals surface area contributed by atoms with Gasteiger partial charge < -0.3 is 5.32 Å². The monoisotopic (exact) mass is 266 g/mol. The van der Waals surface area contributed by atoms with E-state index < -0.39 is 12.6 Å². The second-order valence-corrected chi connectivity index (χ2v) is 5.11. The second-order valence-electron chi connectivity index (χ2n) is 4.17. The highest BCUT2D eigenvalue weighted by Gasteiger charge is 2.26. The number of rotatable bonds is 6. The second kappa shape index (κ2) is 6.35. The molecule has 0 fully saturated rings. The first kappa shape index (κ1) is 14.4. The van der Waals surface area contributed by atoms with Crippen LogP contribution >= 0.6 is 11.3 Å². The number of alkyl halides is 3. The number of hydrogen-bond donors (Lipinski definition) is 1. The summed E-state index contributed by atoms with van der Waals surface area (Å²) in [5.41, 5.74) is 0.983.